The molecule has 2 rings (SSSR count). The van der Waals surface area contributed by atoms with Crippen LogP contribution in [0.2, 0.25) is 5.02 Å². The number of halogens is 2. The van der Waals surface area contributed by atoms with Crippen LogP contribution in [0.1, 0.15) is 11.1 Å². The maximum absolute atomic E-state index is 13.3. The molecule has 0 atom stereocenters. The van der Waals surface area contributed by atoms with Gasteiger partial charge < -0.3 is 5.73 Å². The van der Waals surface area contributed by atoms with Gasteiger partial charge in [-0.05, 0) is 29.3 Å². The van der Waals surface area contributed by atoms with Crippen molar-refractivity contribution in [1.29, 1.82) is 0 Å². The van der Waals surface area contributed by atoms with E-state index in [0.717, 1.165) is 18.7 Å². The Balaban J connectivity index is 2.11. The lowest BCUT2D eigenvalue weighted by atomic mass is 10.1. The average Bonchev–Trinajstić information content (AvgIpc) is 2.44. The fraction of sp³-hybridized carbons (Fsp3) is 0.250. The summed E-state index contributed by atoms with van der Waals surface area (Å²) >= 11 is 6.12. The molecule has 0 aliphatic heterocycles. The van der Waals surface area contributed by atoms with Gasteiger partial charge in [0.1, 0.15) is 5.82 Å². The molecule has 0 bridgehead atoms. The van der Waals surface area contributed by atoms with Gasteiger partial charge in [0.05, 0.1) is 0 Å². The van der Waals surface area contributed by atoms with Crippen molar-refractivity contribution in [3.8, 4) is 0 Å². The topological polar surface area (TPSA) is 29.3 Å². The van der Waals surface area contributed by atoms with E-state index in [2.05, 4.69) is 17.0 Å². The van der Waals surface area contributed by atoms with Crippen molar-refractivity contribution in [3.05, 3.63) is 70.5 Å². The van der Waals surface area contributed by atoms with Gasteiger partial charge in [0.15, 0.2) is 0 Å². The highest BCUT2D eigenvalue weighted by Crippen LogP contribution is 2.19. The predicted octanol–water partition coefficient (Wildman–Crippen LogP) is 3.44. The first-order valence-electron chi connectivity index (χ1n) is 6.59. The molecule has 4 heteroatoms. The van der Waals surface area contributed by atoms with Gasteiger partial charge in [0.2, 0.25) is 0 Å². The normalized spacial score (nSPS) is 11.0. The van der Waals surface area contributed by atoms with Crippen molar-refractivity contribution < 1.29 is 4.39 Å². The van der Waals surface area contributed by atoms with E-state index in [1.54, 1.807) is 6.07 Å². The van der Waals surface area contributed by atoms with E-state index in [1.807, 2.05) is 18.2 Å². The van der Waals surface area contributed by atoms with Crippen molar-refractivity contribution in [3.63, 3.8) is 0 Å². The standard InChI is InChI=1S/C16H18ClFN2/c17-16-7-6-15(18)10-14(16)12-20(9-8-19)11-13-4-2-1-3-5-13/h1-7,10H,8-9,11-12,19H2. The maximum Gasteiger partial charge on any atom is 0.123 e. The molecular formula is C16H18ClFN2. The maximum atomic E-state index is 13.3. The minimum atomic E-state index is -0.267. The van der Waals surface area contributed by atoms with Gasteiger partial charge in [-0.1, -0.05) is 41.9 Å². The van der Waals surface area contributed by atoms with Gasteiger partial charge in [0.25, 0.3) is 0 Å². The second-order valence-electron chi connectivity index (χ2n) is 4.72. The molecule has 0 saturated carbocycles. The summed E-state index contributed by atoms with van der Waals surface area (Å²) in [5.41, 5.74) is 7.65. The van der Waals surface area contributed by atoms with Crippen molar-refractivity contribution >= 4 is 11.6 Å². The molecule has 106 valence electrons. The van der Waals surface area contributed by atoms with Gasteiger partial charge in [-0.25, -0.2) is 4.39 Å². The third-order valence-electron chi connectivity index (χ3n) is 3.10. The van der Waals surface area contributed by atoms with Crippen LogP contribution in [-0.4, -0.2) is 18.0 Å². The van der Waals surface area contributed by atoms with Gasteiger partial charge in [-0.2, -0.15) is 0 Å². The summed E-state index contributed by atoms with van der Waals surface area (Å²) in [6.45, 7) is 2.65. The molecule has 0 spiro atoms. The summed E-state index contributed by atoms with van der Waals surface area (Å²) in [4.78, 5) is 2.16. The van der Waals surface area contributed by atoms with E-state index in [4.69, 9.17) is 17.3 Å². The monoisotopic (exact) mass is 292 g/mol. The number of nitrogens with two attached hydrogens (primary N) is 1. The van der Waals surface area contributed by atoms with Crippen LogP contribution in [0.15, 0.2) is 48.5 Å². The number of hydrogen-bond donors (Lipinski definition) is 1. The SMILES string of the molecule is NCCN(Cc1ccccc1)Cc1cc(F)ccc1Cl. The second kappa shape index (κ2) is 7.39. The molecule has 0 aliphatic carbocycles. The van der Waals surface area contributed by atoms with Crippen molar-refractivity contribution in [2.24, 2.45) is 5.73 Å². The molecule has 0 aliphatic rings. The fourth-order valence-corrected chi connectivity index (χ4v) is 2.32. The summed E-state index contributed by atoms with van der Waals surface area (Å²) in [5.74, 6) is -0.267. The summed E-state index contributed by atoms with van der Waals surface area (Å²) in [5, 5.41) is 0.585. The van der Waals surface area contributed by atoms with E-state index >= 15 is 0 Å². The Morgan fingerprint density at radius 2 is 1.80 bits per heavy atom. The van der Waals surface area contributed by atoms with E-state index < -0.39 is 0 Å². The first-order valence-corrected chi connectivity index (χ1v) is 6.97. The molecule has 0 heterocycles. The molecule has 2 N–H and O–H groups in total. The van der Waals surface area contributed by atoms with Crippen LogP contribution in [-0.2, 0) is 13.1 Å². The molecule has 2 aromatic carbocycles. The quantitative estimate of drug-likeness (QED) is 0.884. The molecule has 0 saturated heterocycles. The Hall–Kier alpha value is -1.42. The van der Waals surface area contributed by atoms with Crippen molar-refractivity contribution in [1.82, 2.24) is 4.90 Å². The van der Waals surface area contributed by atoms with Crippen LogP contribution in [0.3, 0.4) is 0 Å². The zero-order valence-electron chi connectivity index (χ0n) is 11.2. The number of benzene rings is 2. The van der Waals surface area contributed by atoms with E-state index in [-0.39, 0.29) is 5.82 Å². The Labute approximate surface area is 124 Å². The molecular weight excluding hydrogens is 275 g/mol. The molecule has 0 fully saturated rings. The Morgan fingerprint density at radius 3 is 2.50 bits per heavy atom. The van der Waals surface area contributed by atoms with Crippen LogP contribution < -0.4 is 5.73 Å². The molecule has 2 nitrogen and oxygen atoms in total. The van der Waals surface area contributed by atoms with Crippen LogP contribution in [0.4, 0.5) is 4.39 Å². The number of nitrogens with zero attached hydrogens (tertiary/aromatic N) is 1. The van der Waals surface area contributed by atoms with E-state index in [1.165, 1.54) is 17.7 Å². The highest BCUT2D eigenvalue weighted by molar-refractivity contribution is 6.31. The Morgan fingerprint density at radius 1 is 1.05 bits per heavy atom. The molecule has 2 aromatic rings. The predicted molar refractivity (Wildman–Crippen MR) is 81.0 cm³/mol. The van der Waals surface area contributed by atoms with Gasteiger partial charge in [-0.15, -0.1) is 0 Å². The van der Waals surface area contributed by atoms with E-state index in [0.29, 0.717) is 18.1 Å². The summed E-state index contributed by atoms with van der Waals surface area (Å²) in [6.07, 6.45) is 0. The third-order valence-corrected chi connectivity index (χ3v) is 3.46. The molecule has 0 aromatic heterocycles. The first-order chi connectivity index (χ1) is 9.69. The second-order valence-corrected chi connectivity index (χ2v) is 5.13. The van der Waals surface area contributed by atoms with Crippen molar-refractivity contribution in [2.45, 2.75) is 13.1 Å². The van der Waals surface area contributed by atoms with Gasteiger partial charge in [0, 0.05) is 31.2 Å². The lowest BCUT2D eigenvalue weighted by Gasteiger charge is -2.22. The molecule has 20 heavy (non-hydrogen) atoms. The first kappa shape index (κ1) is 15.0. The number of hydrogen-bond acceptors (Lipinski definition) is 2. The summed E-state index contributed by atoms with van der Waals surface area (Å²) in [7, 11) is 0. The summed E-state index contributed by atoms with van der Waals surface area (Å²) < 4.78 is 13.3. The zero-order chi connectivity index (χ0) is 14.4. The van der Waals surface area contributed by atoms with Gasteiger partial charge in [-0.3, -0.25) is 4.90 Å². The van der Waals surface area contributed by atoms with Crippen LogP contribution in [0.5, 0.6) is 0 Å². The smallest absolute Gasteiger partial charge is 0.123 e. The van der Waals surface area contributed by atoms with Crippen molar-refractivity contribution in [2.75, 3.05) is 13.1 Å². The minimum absolute atomic E-state index is 0.267. The van der Waals surface area contributed by atoms with E-state index in [9.17, 15) is 4.39 Å². The molecule has 0 amide bonds. The Bertz CT molecular complexity index is 545. The lowest BCUT2D eigenvalue weighted by molar-refractivity contribution is 0.264. The zero-order valence-corrected chi connectivity index (χ0v) is 12.0. The highest BCUT2D eigenvalue weighted by Gasteiger charge is 2.09. The largest absolute Gasteiger partial charge is 0.329 e. The fourth-order valence-electron chi connectivity index (χ4n) is 2.14. The lowest BCUT2D eigenvalue weighted by Crippen LogP contribution is -2.28. The average molecular weight is 293 g/mol. The highest BCUT2D eigenvalue weighted by atomic mass is 35.5. The summed E-state index contributed by atoms with van der Waals surface area (Å²) in [6, 6.07) is 14.6. The van der Waals surface area contributed by atoms with Crippen LogP contribution >= 0.6 is 11.6 Å². The molecule has 0 radical (unpaired) electrons. The van der Waals surface area contributed by atoms with Crippen LogP contribution in [0, 0.1) is 5.82 Å². The Kier molecular flexibility index (Phi) is 5.53. The van der Waals surface area contributed by atoms with Crippen LogP contribution in [0.25, 0.3) is 0 Å². The third kappa shape index (κ3) is 4.30. The number of rotatable bonds is 6. The molecule has 0 unspecified atom stereocenters. The minimum Gasteiger partial charge on any atom is -0.329 e. The van der Waals surface area contributed by atoms with Gasteiger partial charge >= 0.3 is 0 Å².